The molecule has 7 heteroatoms. The Labute approximate surface area is 166 Å². The number of hydrogen-bond donors (Lipinski definition) is 2. The molecule has 1 fully saturated rings. The van der Waals surface area contributed by atoms with Crippen LogP contribution in [0.1, 0.15) is 36.6 Å². The molecular weight excluding hydrogens is 435 g/mol. The second-order valence-electron chi connectivity index (χ2n) is 6.22. The molecule has 0 bridgehead atoms. The second kappa shape index (κ2) is 10.9. The molecule has 0 spiro atoms. The number of aryl methyl sites for hydroxylation is 1. The largest absolute Gasteiger partial charge is 0.356 e. The summed E-state index contributed by atoms with van der Waals surface area (Å²) >= 11 is 1.74. The summed E-state index contributed by atoms with van der Waals surface area (Å²) in [5.41, 5.74) is 1.30. The Morgan fingerprint density at radius 1 is 1.46 bits per heavy atom. The van der Waals surface area contributed by atoms with Gasteiger partial charge in [-0.2, -0.15) is 0 Å². The van der Waals surface area contributed by atoms with Crippen LogP contribution in [-0.2, 0) is 11.3 Å². The standard InChI is InChI=1S/C17H28N4OS.HI/c1-13-5-4-9-21(12-13)16(22)6-8-19-17(18-3)20-11-15-14(2)7-10-23-15;/h7,10,13H,4-6,8-9,11-12H2,1-3H3,(H2,18,19,20);1H. The predicted molar refractivity (Wildman–Crippen MR) is 112 cm³/mol. The molecule has 2 rings (SSSR count). The van der Waals surface area contributed by atoms with Crippen LogP contribution < -0.4 is 10.6 Å². The summed E-state index contributed by atoms with van der Waals surface area (Å²) in [6.07, 6.45) is 2.88. The Kier molecular flexibility index (Phi) is 9.65. The lowest BCUT2D eigenvalue weighted by atomic mass is 10.00. The summed E-state index contributed by atoms with van der Waals surface area (Å²) in [6.45, 7) is 7.53. The lowest BCUT2D eigenvalue weighted by Gasteiger charge is -2.31. The van der Waals surface area contributed by atoms with Gasteiger partial charge in [0.1, 0.15) is 0 Å². The maximum absolute atomic E-state index is 12.2. The number of piperidine rings is 1. The molecule has 5 nitrogen and oxygen atoms in total. The summed E-state index contributed by atoms with van der Waals surface area (Å²) in [6, 6.07) is 2.12. The number of hydrogen-bond acceptors (Lipinski definition) is 3. The van der Waals surface area contributed by atoms with Crippen molar-refractivity contribution in [2.75, 3.05) is 26.7 Å². The van der Waals surface area contributed by atoms with Gasteiger partial charge in [-0.3, -0.25) is 9.79 Å². The summed E-state index contributed by atoms with van der Waals surface area (Å²) in [7, 11) is 1.75. The maximum atomic E-state index is 12.2. The maximum Gasteiger partial charge on any atom is 0.224 e. The highest BCUT2D eigenvalue weighted by molar-refractivity contribution is 14.0. The highest BCUT2D eigenvalue weighted by Crippen LogP contribution is 2.16. The first-order valence-corrected chi connectivity index (χ1v) is 9.23. The van der Waals surface area contributed by atoms with Crippen molar-refractivity contribution in [1.29, 1.82) is 0 Å². The Hall–Kier alpha value is -0.830. The van der Waals surface area contributed by atoms with E-state index in [4.69, 9.17) is 0 Å². The van der Waals surface area contributed by atoms with Crippen LogP contribution in [0.25, 0.3) is 0 Å². The molecule has 1 aliphatic heterocycles. The number of carbonyl (C=O) groups excluding carboxylic acids is 1. The van der Waals surface area contributed by atoms with E-state index in [-0.39, 0.29) is 29.9 Å². The van der Waals surface area contributed by atoms with Gasteiger partial charge < -0.3 is 15.5 Å². The first-order chi connectivity index (χ1) is 11.1. The van der Waals surface area contributed by atoms with Crippen molar-refractivity contribution < 1.29 is 4.79 Å². The molecular formula is C17H29IN4OS. The predicted octanol–water partition coefficient (Wildman–Crippen LogP) is 2.99. The molecule has 136 valence electrons. The van der Waals surface area contributed by atoms with Crippen molar-refractivity contribution in [2.24, 2.45) is 10.9 Å². The Morgan fingerprint density at radius 2 is 2.25 bits per heavy atom. The molecule has 0 saturated carbocycles. The van der Waals surface area contributed by atoms with Crippen molar-refractivity contribution in [2.45, 2.75) is 39.7 Å². The number of nitrogens with zero attached hydrogens (tertiary/aromatic N) is 2. The summed E-state index contributed by atoms with van der Waals surface area (Å²) in [5.74, 6) is 1.62. The van der Waals surface area contributed by atoms with Gasteiger partial charge in [-0.05, 0) is 42.7 Å². The highest BCUT2D eigenvalue weighted by Gasteiger charge is 2.20. The number of halogens is 1. The van der Waals surface area contributed by atoms with E-state index in [0.717, 1.165) is 32.0 Å². The van der Waals surface area contributed by atoms with E-state index >= 15 is 0 Å². The van der Waals surface area contributed by atoms with E-state index in [9.17, 15) is 4.79 Å². The molecule has 1 aromatic rings. The zero-order valence-electron chi connectivity index (χ0n) is 14.8. The summed E-state index contributed by atoms with van der Waals surface area (Å²) < 4.78 is 0. The van der Waals surface area contributed by atoms with Gasteiger partial charge in [0.05, 0.1) is 6.54 Å². The number of thiophene rings is 1. The zero-order valence-corrected chi connectivity index (χ0v) is 17.9. The lowest BCUT2D eigenvalue weighted by Crippen LogP contribution is -2.42. The minimum Gasteiger partial charge on any atom is -0.356 e. The molecule has 0 aromatic carbocycles. The minimum atomic E-state index is 0. The van der Waals surface area contributed by atoms with Gasteiger partial charge >= 0.3 is 0 Å². The van der Waals surface area contributed by atoms with Crippen molar-refractivity contribution in [3.8, 4) is 0 Å². The Bertz CT molecular complexity index is 546. The van der Waals surface area contributed by atoms with Crippen molar-refractivity contribution in [1.82, 2.24) is 15.5 Å². The van der Waals surface area contributed by atoms with Gasteiger partial charge in [0.15, 0.2) is 5.96 Å². The first-order valence-electron chi connectivity index (χ1n) is 8.35. The molecule has 1 atom stereocenters. The number of guanidine groups is 1. The van der Waals surface area contributed by atoms with E-state index in [0.29, 0.717) is 18.9 Å². The quantitative estimate of drug-likeness (QED) is 0.400. The fourth-order valence-electron chi connectivity index (χ4n) is 2.83. The van der Waals surface area contributed by atoms with Gasteiger partial charge in [0.25, 0.3) is 0 Å². The zero-order chi connectivity index (χ0) is 16.7. The van der Waals surface area contributed by atoms with Crippen LogP contribution in [0.15, 0.2) is 16.4 Å². The second-order valence-corrected chi connectivity index (χ2v) is 7.22. The van der Waals surface area contributed by atoms with Gasteiger partial charge in [-0.1, -0.05) is 6.92 Å². The van der Waals surface area contributed by atoms with Crippen LogP contribution in [0.4, 0.5) is 0 Å². The van der Waals surface area contributed by atoms with Crippen LogP contribution in [0.5, 0.6) is 0 Å². The van der Waals surface area contributed by atoms with Crippen molar-refractivity contribution in [3.63, 3.8) is 0 Å². The summed E-state index contributed by atoms with van der Waals surface area (Å²) in [5, 5.41) is 8.62. The van der Waals surface area contributed by atoms with Crippen LogP contribution in [-0.4, -0.2) is 43.4 Å². The lowest BCUT2D eigenvalue weighted by molar-refractivity contribution is -0.132. The number of amides is 1. The van der Waals surface area contributed by atoms with Gasteiger partial charge in [-0.25, -0.2) is 0 Å². The molecule has 24 heavy (non-hydrogen) atoms. The number of carbonyl (C=O) groups is 1. The van der Waals surface area contributed by atoms with Crippen LogP contribution >= 0.6 is 35.3 Å². The molecule has 1 aromatic heterocycles. The Balaban J connectivity index is 0.00000288. The third-order valence-electron chi connectivity index (χ3n) is 4.25. The number of aliphatic imine (C=N–C) groups is 1. The average Bonchev–Trinajstić information content (AvgIpc) is 2.95. The van der Waals surface area contributed by atoms with Gasteiger partial charge in [0.2, 0.25) is 5.91 Å². The third-order valence-corrected chi connectivity index (χ3v) is 5.27. The van der Waals surface area contributed by atoms with E-state index in [1.165, 1.54) is 16.9 Å². The molecule has 1 aliphatic rings. The monoisotopic (exact) mass is 464 g/mol. The summed E-state index contributed by atoms with van der Waals surface area (Å²) in [4.78, 5) is 19.8. The van der Waals surface area contributed by atoms with E-state index < -0.39 is 0 Å². The van der Waals surface area contributed by atoms with E-state index in [1.54, 1.807) is 18.4 Å². The van der Waals surface area contributed by atoms with Crippen molar-refractivity contribution >= 4 is 47.2 Å². The minimum absolute atomic E-state index is 0. The molecule has 1 saturated heterocycles. The number of likely N-dealkylation sites (tertiary alicyclic amines) is 1. The SMILES string of the molecule is CN=C(NCCC(=O)N1CCCC(C)C1)NCc1sccc1C.I. The third kappa shape index (κ3) is 6.58. The smallest absolute Gasteiger partial charge is 0.224 e. The van der Waals surface area contributed by atoms with E-state index in [2.05, 4.69) is 40.9 Å². The normalized spacial score (nSPS) is 18.0. The van der Waals surface area contributed by atoms with Crippen LogP contribution in [0.2, 0.25) is 0 Å². The fourth-order valence-corrected chi connectivity index (χ4v) is 3.68. The Morgan fingerprint density at radius 3 is 2.88 bits per heavy atom. The fraction of sp³-hybridized carbons (Fsp3) is 0.647. The highest BCUT2D eigenvalue weighted by atomic mass is 127. The molecule has 0 radical (unpaired) electrons. The topological polar surface area (TPSA) is 56.7 Å². The molecule has 2 heterocycles. The number of rotatable bonds is 5. The van der Waals surface area contributed by atoms with E-state index in [1.807, 2.05) is 4.90 Å². The van der Waals surface area contributed by atoms with Gasteiger partial charge in [0, 0.05) is 38.0 Å². The first kappa shape index (κ1) is 21.2. The molecule has 1 unspecified atom stereocenters. The molecule has 2 N–H and O–H groups in total. The average molecular weight is 464 g/mol. The van der Waals surface area contributed by atoms with Crippen LogP contribution in [0.3, 0.4) is 0 Å². The van der Waals surface area contributed by atoms with Crippen molar-refractivity contribution in [3.05, 3.63) is 21.9 Å². The number of nitrogens with one attached hydrogen (secondary N) is 2. The molecule has 0 aliphatic carbocycles. The van der Waals surface area contributed by atoms with Crippen LogP contribution in [0, 0.1) is 12.8 Å². The molecule has 1 amide bonds. The van der Waals surface area contributed by atoms with Gasteiger partial charge in [-0.15, -0.1) is 35.3 Å².